The number of aryl methyl sites for hydroxylation is 2. The van der Waals surface area contributed by atoms with Crippen molar-refractivity contribution in [3.8, 4) is 11.4 Å². The van der Waals surface area contributed by atoms with Crippen LogP contribution in [0.2, 0.25) is 0 Å². The Labute approximate surface area is 471 Å². The summed E-state index contributed by atoms with van der Waals surface area (Å²) in [5.74, 6) is 0. The van der Waals surface area contributed by atoms with Crippen LogP contribution in [0, 0.1) is 0 Å². The van der Waals surface area contributed by atoms with Gasteiger partial charge >= 0.3 is 0 Å². The minimum absolute atomic E-state index is 1.16. The molecule has 0 spiro atoms. The first-order valence-electron chi connectivity index (χ1n) is 27.7. The molecule has 0 bridgehead atoms. The largest absolute Gasteiger partial charge is 0.345 e. The van der Waals surface area contributed by atoms with Crippen LogP contribution in [0.15, 0.2) is 297 Å². The topological polar surface area (TPSA) is 26.2 Å². The number of benzene rings is 12. The summed E-state index contributed by atoms with van der Waals surface area (Å²) in [5.41, 5.74) is 18.2. The van der Waals surface area contributed by atoms with Crippen molar-refractivity contribution in [3.05, 3.63) is 297 Å². The summed E-state index contributed by atoms with van der Waals surface area (Å²) < 4.78 is 9.27. The zero-order valence-electron chi connectivity index (χ0n) is 45.5. The maximum Gasteiger partial charge on any atom is 0.0541 e. The summed E-state index contributed by atoms with van der Waals surface area (Å²) in [4.78, 5) is 4.51. The molecule has 16 aromatic rings. The normalized spacial score (nSPS) is 11.4. The second-order valence-electron chi connectivity index (χ2n) is 20.7. The molecule has 16 rings (SSSR count). The average Bonchev–Trinajstić information content (AvgIpc) is 4.30. The van der Waals surface area contributed by atoms with Crippen LogP contribution in [0.3, 0.4) is 0 Å². The second-order valence-corrected chi connectivity index (χ2v) is 20.7. The Morgan fingerprint density at radius 1 is 0.222 bits per heavy atom. The minimum atomic E-state index is 1.16. The molecule has 388 valence electrons. The van der Waals surface area contributed by atoms with Crippen LogP contribution in [0.4, 0.5) is 28.4 Å². The van der Waals surface area contributed by atoms with E-state index >= 15 is 0 Å². The molecule has 81 heavy (non-hydrogen) atoms. The molecule has 0 amide bonds. The molecule has 6 nitrogen and oxygen atoms in total. The predicted molar refractivity (Wildman–Crippen MR) is 345 cm³/mol. The fraction of sp³-hybridized carbons (Fsp3) is 0.0400. The standard InChI is InChI=1S/C25H18N2.2C25H20N2/c1-26-22-11-5-2-10-20(22)21-16-17(14-15-23(21)26)27-24-12-6-3-8-18(24)19-9-4-7-13-25(19)27;1-26-24-15-9-8-14-22(24)23-18-21(16-17-25(23)26)27(19-10-4-2-5-11-19)20-12-6-3-7-13-20;1-26(19-9-3-2-4-10-19)20-15-17-21(18-16-20)27-24-13-7-5-11-22(24)23-12-6-8-14-25(23)27/h2-16H,1H3;2*2-18H,1H3. The van der Waals surface area contributed by atoms with Crippen molar-refractivity contribution < 1.29 is 0 Å². The second kappa shape index (κ2) is 20.7. The van der Waals surface area contributed by atoms with E-state index in [9.17, 15) is 0 Å². The molecular weight excluding hydrogens is 985 g/mol. The molecule has 0 saturated heterocycles. The van der Waals surface area contributed by atoms with Gasteiger partial charge in [0.25, 0.3) is 0 Å². The van der Waals surface area contributed by atoms with Gasteiger partial charge in [-0.3, -0.25) is 0 Å². The summed E-state index contributed by atoms with van der Waals surface area (Å²) >= 11 is 0. The zero-order chi connectivity index (χ0) is 54.4. The Bertz CT molecular complexity index is 4770. The van der Waals surface area contributed by atoms with Crippen molar-refractivity contribution in [1.82, 2.24) is 18.3 Å². The maximum absolute atomic E-state index is 2.38. The number of nitrogens with zero attached hydrogens (tertiary/aromatic N) is 6. The molecule has 4 heterocycles. The zero-order valence-corrected chi connectivity index (χ0v) is 45.5. The van der Waals surface area contributed by atoms with Crippen molar-refractivity contribution in [2.75, 3.05) is 16.8 Å². The van der Waals surface area contributed by atoms with Gasteiger partial charge in [0.15, 0.2) is 0 Å². The Balaban J connectivity index is 0.000000109. The van der Waals surface area contributed by atoms with Gasteiger partial charge in [0, 0.05) is 126 Å². The molecule has 6 heteroatoms. The minimum Gasteiger partial charge on any atom is -0.345 e. The molecule has 0 fully saturated rings. The maximum atomic E-state index is 2.38. The highest BCUT2D eigenvalue weighted by molar-refractivity contribution is 6.13. The van der Waals surface area contributed by atoms with Crippen LogP contribution in [0.5, 0.6) is 0 Å². The third kappa shape index (κ3) is 8.62. The van der Waals surface area contributed by atoms with E-state index in [4.69, 9.17) is 0 Å². The first kappa shape index (κ1) is 48.8. The molecule has 0 unspecified atom stereocenters. The molecule has 0 atom stereocenters. The Kier molecular flexibility index (Phi) is 12.4. The quantitative estimate of drug-likeness (QED) is 0.159. The highest BCUT2D eigenvalue weighted by atomic mass is 15.1. The number of anilines is 5. The lowest BCUT2D eigenvalue weighted by Gasteiger charge is -2.25. The van der Waals surface area contributed by atoms with Gasteiger partial charge < -0.3 is 28.1 Å². The fourth-order valence-electron chi connectivity index (χ4n) is 12.2. The van der Waals surface area contributed by atoms with Crippen LogP contribution in [-0.4, -0.2) is 25.3 Å². The number of rotatable bonds is 7. The van der Waals surface area contributed by atoms with Crippen LogP contribution >= 0.6 is 0 Å². The highest BCUT2D eigenvalue weighted by Gasteiger charge is 2.17. The predicted octanol–water partition coefficient (Wildman–Crippen LogP) is 19.8. The van der Waals surface area contributed by atoms with Crippen LogP contribution < -0.4 is 9.80 Å². The van der Waals surface area contributed by atoms with E-state index in [1.807, 2.05) is 6.07 Å². The number of para-hydroxylation sites is 9. The first-order valence-corrected chi connectivity index (χ1v) is 27.7. The van der Waals surface area contributed by atoms with E-state index in [1.165, 1.54) is 110 Å². The van der Waals surface area contributed by atoms with Gasteiger partial charge in [0.1, 0.15) is 0 Å². The van der Waals surface area contributed by atoms with Crippen LogP contribution in [0.25, 0.3) is 98.6 Å². The summed E-state index contributed by atoms with van der Waals surface area (Å²) in [6.07, 6.45) is 0. The van der Waals surface area contributed by atoms with Crippen molar-refractivity contribution in [3.63, 3.8) is 0 Å². The number of hydrogen-bond donors (Lipinski definition) is 0. The monoisotopic (exact) mass is 1040 g/mol. The van der Waals surface area contributed by atoms with Crippen LogP contribution in [0.1, 0.15) is 0 Å². The lowest BCUT2D eigenvalue weighted by molar-refractivity contribution is 1.01. The van der Waals surface area contributed by atoms with Gasteiger partial charge in [-0.15, -0.1) is 0 Å². The molecule has 0 aliphatic carbocycles. The van der Waals surface area contributed by atoms with Gasteiger partial charge in [0.2, 0.25) is 0 Å². The van der Waals surface area contributed by atoms with Crippen molar-refractivity contribution in [2.24, 2.45) is 14.1 Å². The Hall–Kier alpha value is -10.6. The van der Waals surface area contributed by atoms with Gasteiger partial charge in [-0.2, -0.15) is 0 Å². The number of aromatic nitrogens is 4. The molecule has 0 saturated carbocycles. The molecule has 0 N–H and O–H groups in total. The SMILES string of the molecule is CN(c1ccccc1)c1ccc(-n2c3ccccc3c3ccccc32)cc1.Cn1c2ccccc2c2cc(-n3c4ccccc4c4ccccc43)ccc21.Cn1c2ccccc2c2cc(N(c3ccccc3)c3ccccc3)ccc21. The summed E-state index contributed by atoms with van der Waals surface area (Å²) in [6, 6.07) is 106. The molecule has 12 aromatic carbocycles. The molecule has 0 aliphatic heterocycles. The third-order valence-electron chi connectivity index (χ3n) is 16.1. The van der Waals surface area contributed by atoms with Crippen molar-refractivity contribution >= 4 is 116 Å². The van der Waals surface area contributed by atoms with E-state index < -0.39 is 0 Å². The number of hydrogen-bond acceptors (Lipinski definition) is 2. The molecule has 0 radical (unpaired) electrons. The van der Waals surface area contributed by atoms with Crippen molar-refractivity contribution in [2.45, 2.75) is 0 Å². The van der Waals surface area contributed by atoms with E-state index in [0.717, 1.165) is 17.1 Å². The molecule has 0 aliphatic rings. The average molecular weight is 1040 g/mol. The Morgan fingerprint density at radius 2 is 0.506 bits per heavy atom. The fourth-order valence-corrected chi connectivity index (χ4v) is 12.2. The van der Waals surface area contributed by atoms with Gasteiger partial charge in [0.05, 0.1) is 22.1 Å². The van der Waals surface area contributed by atoms with Gasteiger partial charge in [-0.05, 0) is 133 Å². The Morgan fingerprint density at radius 3 is 0.938 bits per heavy atom. The summed E-state index contributed by atoms with van der Waals surface area (Å²) in [5, 5.41) is 10.3. The third-order valence-corrected chi connectivity index (χ3v) is 16.1. The smallest absolute Gasteiger partial charge is 0.0541 e. The van der Waals surface area contributed by atoms with Crippen LogP contribution in [-0.2, 0) is 14.1 Å². The molecular formula is C75H58N6. The van der Waals surface area contributed by atoms with Gasteiger partial charge in [-0.1, -0.05) is 164 Å². The lowest BCUT2D eigenvalue weighted by Crippen LogP contribution is -2.09. The van der Waals surface area contributed by atoms with Crippen molar-refractivity contribution in [1.29, 1.82) is 0 Å². The van der Waals surface area contributed by atoms with E-state index in [-0.39, 0.29) is 0 Å². The first-order chi connectivity index (χ1) is 40.0. The lowest BCUT2D eigenvalue weighted by atomic mass is 10.1. The van der Waals surface area contributed by atoms with Gasteiger partial charge in [-0.25, -0.2) is 0 Å². The van der Waals surface area contributed by atoms with E-state index in [1.54, 1.807) is 0 Å². The molecule has 4 aromatic heterocycles. The summed E-state index contributed by atoms with van der Waals surface area (Å²) in [7, 11) is 6.38. The van der Waals surface area contributed by atoms with E-state index in [2.05, 4.69) is 340 Å². The summed E-state index contributed by atoms with van der Waals surface area (Å²) in [6.45, 7) is 0. The number of fused-ring (bicyclic) bond motifs is 12. The highest BCUT2D eigenvalue weighted by Crippen LogP contribution is 2.40. The van der Waals surface area contributed by atoms with E-state index in [0.29, 0.717) is 0 Å².